The molecule has 5 heteroatoms. The first-order valence-corrected chi connectivity index (χ1v) is 9.46. The molecule has 1 heterocycles. The summed E-state index contributed by atoms with van der Waals surface area (Å²) >= 11 is 5.90. The largest absolute Gasteiger partial charge is 0.449 e. The quantitative estimate of drug-likeness (QED) is 0.644. The molecule has 1 aliphatic carbocycles. The van der Waals surface area contributed by atoms with Crippen molar-refractivity contribution >= 4 is 23.8 Å². The number of pyridine rings is 1. The highest BCUT2D eigenvalue weighted by Gasteiger charge is 2.28. The summed E-state index contributed by atoms with van der Waals surface area (Å²) in [5, 5.41) is 3.31. The molecule has 140 valence electrons. The molecule has 3 aromatic rings. The van der Waals surface area contributed by atoms with Gasteiger partial charge < -0.3 is 10.1 Å². The first-order chi connectivity index (χ1) is 13.7. The Bertz CT molecular complexity index is 987. The topological polar surface area (TPSA) is 51.2 Å². The SMILES string of the molecule is O=C(NCC=Cc1cncc(Cl)c1)OCC1c2ccccc2-c2ccccc21. The zero-order chi connectivity index (χ0) is 19.3. The van der Waals surface area contributed by atoms with Gasteiger partial charge in [0.1, 0.15) is 6.61 Å². The second-order valence-corrected chi connectivity index (χ2v) is 6.98. The summed E-state index contributed by atoms with van der Waals surface area (Å²) in [6, 6.07) is 18.3. The maximum Gasteiger partial charge on any atom is 0.407 e. The van der Waals surface area contributed by atoms with Crippen molar-refractivity contribution in [2.45, 2.75) is 5.92 Å². The fourth-order valence-corrected chi connectivity index (χ4v) is 3.69. The van der Waals surface area contributed by atoms with Crippen LogP contribution < -0.4 is 5.32 Å². The molecule has 0 unspecified atom stereocenters. The lowest BCUT2D eigenvalue weighted by atomic mass is 9.98. The zero-order valence-electron chi connectivity index (χ0n) is 15.1. The van der Waals surface area contributed by atoms with Crippen LogP contribution in [0, 0.1) is 0 Å². The molecule has 1 amide bonds. The molecular weight excluding hydrogens is 372 g/mol. The van der Waals surface area contributed by atoms with E-state index in [0.29, 0.717) is 18.2 Å². The number of ether oxygens (including phenoxy) is 1. The number of rotatable bonds is 5. The summed E-state index contributed by atoms with van der Waals surface area (Å²) in [6.45, 7) is 0.672. The summed E-state index contributed by atoms with van der Waals surface area (Å²) in [4.78, 5) is 16.1. The van der Waals surface area contributed by atoms with Crippen LogP contribution in [0.2, 0.25) is 5.02 Å². The molecule has 0 fully saturated rings. The third-order valence-corrected chi connectivity index (χ3v) is 4.95. The van der Waals surface area contributed by atoms with Gasteiger partial charge in [0.2, 0.25) is 0 Å². The fourth-order valence-electron chi connectivity index (χ4n) is 3.51. The third-order valence-electron chi connectivity index (χ3n) is 4.74. The molecule has 28 heavy (non-hydrogen) atoms. The van der Waals surface area contributed by atoms with Crippen molar-refractivity contribution in [3.8, 4) is 11.1 Å². The molecule has 1 N–H and O–H groups in total. The Hall–Kier alpha value is -3.11. The van der Waals surface area contributed by atoms with Crippen molar-refractivity contribution in [1.82, 2.24) is 10.3 Å². The Morgan fingerprint density at radius 1 is 1.07 bits per heavy atom. The molecule has 4 nitrogen and oxygen atoms in total. The summed E-state index contributed by atoms with van der Waals surface area (Å²) in [5.41, 5.74) is 5.70. The third kappa shape index (κ3) is 3.92. The van der Waals surface area contributed by atoms with E-state index in [-0.39, 0.29) is 5.92 Å². The zero-order valence-corrected chi connectivity index (χ0v) is 15.9. The van der Waals surface area contributed by atoms with Crippen LogP contribution in [0.25, 0.3) is 17.2 Å². The van der Waals surface area contributed by atoms with Crippen LogP contribution >= 0.6 is 11.6 Å². The lowest BCUT2D eigenvalue weighted by Crippen LogP contribution is -2.26. The number of halogens is 1. The number of alkyl carbamates (subject to hydrolysis) is 1. The summed E-state index contributed by atoms with van der Waals surface area (Å²) < 4.78 is 5.49. The summed E-state index contributed by atoms with van der Waals surface area (Å²) in [6.07, 6.45) is 6.52. The van der Waals surface area contributed by atoms with Crippen molar-refractivity contribution in [2.24, 2.45) is 0 Å². The second-order valence-electron chi connectivity index (χ2n) is 6.55. The molecule has 1 aliphatic rings. The van der Waals surface area contributed by atoms with Gasteiger partial charge in [0.15, 0.2) is 0 Å². The molecule has 0 spiro atoms. The van der Waals surface area contributed by atoms with Crippen molar-refractivity contribution in [2.75, 3.05) is 13.2 Å². The maximum absolute atomic E-state index is 12.1. The Labute approximate surface area is 168 Å². The Morgan fingerprint density at radius 3 is 2.43 bits per heavy atom. The van der Waals surface area contributed by atoms with Crippen LogP contribution in [0.15, 0.2) is 73.1 Å². The molecule has 0 saturated carbocycles. The van der Waals surface area contributed by atoms with Crippen LogP contribution in [-0.2, 0) is 4.74 Å². The van der Waals surface area contributed by atoms with E-state index >= 15 is 0 Å². The summed E-state index contributed by atoms with van der Waals surface area (Å²) in [7, 11) is 0. The molecule has 0 radical (unpaired) electrons. The number of carbonyl (C=O) groups excluding carboxylic acids is 1. The lowest BCUT2D eigenvalue weighted by Gasteiger charge is -2.14. The minimum absolute atomic E-state index is 0.0613. The van der Waals surface area contributed by atoms with Gasteiger partial charge in [-0.2, -0.15) is 0 Å². The van der Waals surface area contributed by atoms with Gasteiger partial charge >= 0.3 is 6.09 Å². The minimum Gasteiger partial charge on any atom is -0.449 e. The van der Waals surface area contributed by atoms with E-state index in [4.69, 9.17) is 16.3 Å². The van der Waals surface area contributed by atoms with Gasteiger partial charge in [-0.25, -0.2) is 4.79 Å². The number of hydrogen-bond acceptors (Lipinski definition) is 3. The van der Waals surface area contributed by atoms with E-state index in [9.17, 15) is 4.79 Å². The van der Waals surface area contributed by atoms with E-state index in [1.165, 1.54) is 22.3 Å². The van der Waals surface area contributed by atoms with Gasteiger partial charge in [0.25, 0.3) is 0 Å². The standard InChI is InChI=1S/C23H19ClN2O2/c24-17-12-16(13-25-14-17)6-5-11-26-23(27)28-15-22-20-9-3-1-7-18(20)19-8-2-4-10-21(19)22/h1-10,12-14,22H,11,15H2,(H,26,27). The van der Waals surface area contributed by atoms with Crippen molar-refractivity contribution in [3.63, 3.8) is 0 Å². The molecule has 0 saturated heterocycles. The number of fused-ring (bicyclic) bond motifs is 3. The molecule has 1 aromatic heterocycles. The van der Waals surface area contributed by atoms with Gasteiger partial charge in [-0.1, -0.05) is 72.3 Å². The highest BCUT2D eigenvalue weighted by atomic mass is 35.5. The van der Waals surface area contributed by atoms with Crippen molar-refractivity contribution in [3.05, 3.63) is 94.8 Å². The first kappa shape index (κ1) is 18.3. The van der Waals surface area contributed by atoms with Crippen molar-refractivity contribution < 1.29 is 9.53 Å². The number of aromatic nitrogens is 1. The smallest absolute Gasteiger partial charge is 0.407 e. The van der Waals surface area contributed by atoms with E-state index in [1.807, 2.05) is 36.4 Å². The molecule has 0 atom stereocenters. The highest BCUT2D eigenvalue weighted by Crippen LogP contribution is 2.44. The Balaban J connectivity index is 1.34. The van der Waals surface area contributed by atoms with Gasteiger partial charge in [0.05, 0.1) is 5.02 Å². The predicted octanol–water partition coefficient (Wildman–Crippen LogP) is 5.29. The van der Waals surface area contributed by atoms with Crippen LogP contribution in [-0.4, -0.2) is 24.2 Å². The van der Waals surface area contributed by atoms with E-state index in [1.54, 1.807) is 18.5 Å². The van der Waals surface area contributed by atoms with Gasteiger partial charge in [-0.3, -0.25) is 4.98 Å². The Morgan fingerprint density at radius 2 is 1.75 bits per heavy atom. The molecule has 0 bridgehead atoms. The van der Waals surface area contributed by atoms with Gasteiger partial charge in [-0.05, 0) is 33.9 Å². The number of amides is 1. The average molecular weight is 391 g/mol. The number of nitrogens with zero attached hydrogens (tertiary/aromatic N) is 1. The van der Waals surface area contributed by atoms with Crippen LogP contribution in [0.5, 0.6) is 0 Å². The van der Waals surface area contributed by atoms with Crippen LogP contribution in [0.4, 0.5) is 4.79 Å². The molecular formula is C23H19ClN2O2. The minimum atomic E-state index is -0.435. The molecule has 4 rings (SSSR count). The van der Waals surface area contributed by atoms with Gasteiger partial charge in [0, 0.05) is 24.9 Å². The maximum atomic E-state index is 12.1. The number of nitrogens with one attached hydrogen (secondary N) is 1. The monoisotopic (exact) mass is 390 g/mol. The lowest BCUT2D eigenvalue weighted by molar-refractivity contribution is 0.144. The summed E-state index contributed by atoms with van der Waals surface area (Å²) in [5.74, 6) is 0.0613. The van der Waals surface area contributed by atoms with Crippen LogP contribution in [0.1, 0.15) is 22.6 Å². The molecule has 2 aromatic carbocycles. The van der Waals surface area contributed by atoms with E-state index in [2.05, 4.69) is 34.6 Å². The first-order valence-electron chi connectivity index (χ1n) is 9.08. The predicted molar refractivity (Wildman–Crippen MR) is 111 cm³/mol. The van der Waals surface area contributed by atoms with Crippen LogP contribution in [0.3, 0.4) is 0 Å². The second kappa shape index (κ2) is 8.28. The van der Waals surface area contributed by atoms with Crippen molar-refractivity contribution in [1.29, 1.82) is 0 Å². The number of hydrogen-bond donors (Lipinski definition) is 1. The number of benzene rings is 2. The average Bonchev–Trinajstić information content (AvgIpc) is 3.04. The Kier molecular flexibility index (Phi) is 5.40. The highest BCUT2D eigenvalue weighted by molar-refractivity contribution is 6.30. The van der Waals surface area contributed by atoms with E-state index < -0.39 is 6.09 Å². The number of carbonyl (C=O) groups is 1. The molecule has 0 aliphatic heterocycles. The van der Waals surface area contributed by atoms with Gasteiger partial charge in [-0.15, -0.1) is 0 Å². The normalized spacial score (nSPS) is 12.6. The van der Waals surface area contributed by atoms with E-state index in [0.717, 1.165) is 5.56 Å². The fraction of sp³-hybridized carbons (Fsp3) is 0.130.